The van der Waals surface area contributed by atoms with E-state index in [0.717, 1.165) is 6.42 Å². The minimum Gasteiger partial charge on any atom is -0.468 e. The minimum atomic E-state index is 0.0324. The lowest BCUT2D eigenvalue weighted by molar-refractivity contribution is -0.128. The summed E-state index contributed by atoms with van der Waals surface area (Å²) in [5.41, 5.74) is 0. The van der Waals surface area contributed by atoms with Gasteiger partial charge in [0.15, 0.2) is 0 Å². The molecule has 3 heteroatoms. The predicted octanol–water partition coefficient (Wildman–Crippen LogP) is 2.13. The molecule has 1 aliphatic rings. The molecular formula is C11H22O3. The molecule has 0 aromatic carbocycles. The van der Waals surface area contributed by atoms with E-state index in [9.17, 15) is 9.90 Å². The van der Waals surface area contributed by atoms with Gasteiger partial charge in [-0.25, -0.2) is 0 Å². The van der Waals surface area contributed by atoms with Gasteiger partial charge in [-0.15, -0.1) is 0 Å². The summed E-state index contributed by atoms with van der Waals surface area (Å²) in [6, 6.07) is 0. The fraction of sp³-hybridized carbons (Fsp3) is 0.909. The normalized spacial score (nSPS) is 25.1. The first kappa shape index (κ1) is 13.4. The first-order chi connectivity index (χ1) is 6.76. The second-order valence-electron chi connectivity index (χ2n) is 3.60. The Hall–Kier alpha value is -0.570. The fourth-order valence-corrected chi connectivity index (χ4v) is 1.79. The molecule has 0 radical (unpaired) electrons. The molecule has 14 heavy (non-hydrogen) atoms. The lowest BCUT2D eigenvalue weighted by Crippen LogP contribution is -2.11. The maximum absolute atomic E-state index is 9.32. The maximum Gasteiger partial charge on any atom is 0.293 e. The molecule has 1 rings (SSSR count). The van der Waals surface area contributed by atoms with Crippen molar-refractivity contribution in [3.63, 3.8) is 0 Å². The van der Waals surface area contributed by atoms with Crippen molar-refractivity contribution in [3.8, 4) is 0 Å². The van der Waals surface area contributed by atoms with Crippen LogP contribution in [0.2, 0.25) is 0 Å². The summed E-state index contributed by atoms with van der Waals surface area (Å²) in [5.74, 6) is 0.634. The molecule has 0 amide bonds. The SMILES string of the molecule is CCCC1CCCC1O.CCOC=O. The third-order valence-electron chi connectivity index (χ3n) is 2.51. The van der Waals surface area contributed by atoms with Gasteiger partial charge in [-0.3, -0.25) is 4.79 Å². The molecule has 1 saturated carbocycles. The molecule has 2 unspecified atom stereocenters. The summed E-state index contributed by atoms with van der Waals surface area (Å²) < 4.78 is 4.15. The standard InChI is InChI=1S/C8H16O.C3H6O2/c1-2-4-7-5-3-6-8(7)9;1-2-5-3-4/h7-9H,2-6H2,1H3;3H,2H2,1H3. The molecule has 0 saturated heterocycles. The predicted molar refractivity (Wildman–Crippen MR) is 55.9 cm³/mol. The maximum atomic E-state index is 9.32. The van der Waals surface area contributed by atoms with Gasteiger partial charge in [-0.05, 0) is 32.1 Å². The average Bonchev–Trinajstić information content (AvgIpc) is 2.55. The Balaban J connectivity index is 0.000000292. The second-order valence-corrected chi connectivity index (χ2v) is 3.60. The third kappa shape index (κ3) is 5.97. The minimum absolute atomic E-state index is 0.0324. The van der Waals surface area contributed by atoms with Crippen LogP contribution < -0.4 is 0 Å². The summed E-state index contributed by atoms with van der Waals surface area (Å²) >= 11 is 0. The van der Waals surface area contributed by atoms with Crippen LogP contribution in [0.15, 0.2) is 0 Å². The van der Waals surface area contributed by atoms with Gasteiger partial charge in [0, 0.05) is 0 Å². The molecule has 84 valence electrons. The Bertz CT molecular complexity index is 136. The van der Waals surface area contributed by atoms with Gasteiger partial charge in [-0.1, -0.05) is 19.8 Å². The molecule has 1 N–H and O–H groups in total. The van der Waals surface area contributed by atoms with E-state index in [1.807, 2.05) is 0 Å². The molecule has 1 fully saturated rings. The quantitative estimate of drug-likeness (QED) is 0.710. The first-order valence-electron chi connectivity index (χ1n) is 5.49. The Morgan fingerprint density at radius 1 is 1.43 bits per heavy atom. The highest BCUT2D eigenvalue weighted by molar-refractivity contribution is 5.36. The molecule has 0 aliphatic heterocycles. The van der Waals surface area contributed by atoms with E-state index < -0.39 is 0 Å². The average molecular weight is 202 g/mol. The van der Waals surface area contributed by atoms with Crippen LogP contribution in [0.1, 0.15) is 46.0 Å². The van der Waals surface area contributed by atoms with E-state index in [4.69, 9.17) is 0 Å². The van der Waals surface area contributed by atoms with Gasteiger partial charge >= 0.3 is 0 Å². The monoisotopic (exact) mass is 202 g/mol. The van der Waals surface area contributed by atoms with Gasteiger partial charge in [0.2, 0.25) is 0 Å². The van der Waals surface area contributed by atoms with E-state index in [-0.39, 0.29) is 6.10 Å². The number of carbonyl (C=O) groups is 1. The van der Waals surface area contributed by atoms with Gasteiger partial charge in [-0.2, -0.15) is 0 Å². The summed E-state index contributed by atoms with van der Waals surface area (Å²) in [4.78, 5) is 9.18. The summed E-state index contributed by atoms with van der Waals surface area (Å²) in [6.45, 7) is 4.85. The van der Waals surface area contributed by atoms with Crippen molar-refractivity contribution >= 4 is 6.47 Å². The molecule has 0 bridgehead atoms. The number of aliphatic hydroxyl groups is 1. The van der Waals surface area contributed by atoms with Crippen molar-refractivity contribution in [1.82, 2.24) is 0 Å². The fourth-order valence-electron chi connectivity index (χ4n) is 1.79. The van der Waals surface area contributed by atoms with Crippen LogP contribution >= 0.6 is 0 Å². The zero-order chi connectivity index (χ0) is 10.8. The summed E-state index contributed by atoms with van der Waals surface area (Å²) in [6.07, 6.45) is 6.03. The van der Waals surface area contributed by atoms with Crippen LogP contribution in [0.5, 0.6) is 0 Å². The number of rotatable bonds is 4. The van der Waals surface area contributed by atoms with E-state index in [1.165, 1.54) is 25.7 Å². The second kappa shape index (κ2) is 9.00. The molecule has 0 aromatic heterocycles. The van der Waals surface area contributed by atoms with Crippen LogP contribution in [-0.2, 0) is 9.53 Å². The smallest absolute Gasteiger partial charge is 0.293 e. The van der Waals surface area contributed by atoms with Crippen LogP contribution in [0.25, 0.3) is 0 Å². The van der Waals surface area contributed by atoms with E-state index in [0.29, 0.717) is 19.0 Å². The number of ether oxygens (including phenoxy) is 1. The first-order valence-corrected chi connectivity index (χ1v) is 5.49. The third-order valence-corrected chi connectivity index (χ3v) is 2.51. The Morgan fingerprint density at radius 2 is 2.14 bits per heavy atom. The molecule has 3 nitrogen and oxygen atoms in total. The van der Waals surface area contributed by atoms with Gasteiger partial charge in [0.25, 0.3) is 6.47 Å². The lowest BCUT2D eigenvalue weighted by atomic mass is 10.0. The van der Waals surface area contributed by atoms with Crippen molar-refractivity contribution in [3.05, 3.63) is 0 Å². The van der Waals surface area contributed by atoms with Gasteiger partial charge < -0.3 is 9.84 Å². The number of aliphatic hydroxyl groups excluding tert-OH is 1. The topological polar surface area (TPSA) is 46.5 Å². The van der Waals surface area contributed by atoms with Crippen molar-refractivity contribution in [2.75, 3.05) is 6.61 Å². The molecule has 0 aromatic rings. The lowest BCUT2D eigenvalue weighted by Gasteiger charge is -2.11. The molecule has 1 aliphatic carbocycles. The zero-order valence-corrected chi connectivity index (χ0v) is 9.24. The van der Waals surface area contributed by atoms with E-state index >= 15 is 0 Å². The summed E-state index contributed by atoms with van der Waals surface area (Å²) in [7, 11) is 0. The Kier molecular flexibility index (Phi) is 8.64. The highest BCUT2D eigenvalue weighted by Crippen LogP contribution is 2.28. The molecule has 2 atom stereocenters. The number of hydrogen-bond donors (Lipinski definition) is 1. The molecular weight excluding hydrogens is 180 g/mol. The zero-order valence-electron chi connectivity index (χ0n) is 9.24. The highest BCUT2D eigenvalue weighted by Gasteiger charge is 2.23. The van der Waals surface area contributed by atoms with E-state index in [1.54, 1.807) is 6.92 Å². The number of hydrogen-bond acceptors (Lipinski definition) is 3. The van der Waals surface area contributed by atoms with Crippen molar-refractivity contribution in [2.45, 2.75) is 52.1 Å². The van der Waals surface area contributed by atoms with Crippen LogP contribution in [0.3, 0.4) is 0 Å². The van der Waals surface area contributed by atoms with Crippen molar-refractivity contribution in [1.29, 1.82) is 0 Å². The van der Waals surface area contributed by atoms with Gasteiger partial charge in [0.05, 0.1) is 12.7 Å². The summed E-state index contributed by atoms with van der Waals surface area (Å²) in [5, 5.41) is 9.32. The number of carbonyl (C=O) groups excluding carboxylic acids is 1. The Morgan fingerprint density at radius 3 is 2.43 bits per heavy atom. The molecule has 0 heterocycles. The van der Waals surface area contributed by atoms with Crippen LogP contribution in [0.4, 0.5) is 0 Å². The molecule has 0 spiro atoms. The largest absolute Gasteiger partial charge is 0.468 e. The van der Waals surface area contributed by atoms with Crippen LogP contribution in [-0.4, -0.2) is 24.3 Å². The Labute approximate surface area is 86.5 Å². The highest BCUT2D eigenvalue weighted by atomic mass is 16.5. The van der Waals surface area contributed by atoms with Crippen molar-refractivity contribution < 1.29 is 14.6 Å². The van der Waals surface area contributed by atoms with Crippen LogP contribution in [0, 0.1) is 5.92 Å². The van der Waals surface area contributed by atoms with Crippen molar-refractivity contribution in [2.24, 2.45) is 5.92 Å². The van der Waals surface area contributed by atoms with E-state index in [2.05, 4.69) is 11.7 Å². The van der Waals surface area contributed by atoms with Gasteiger partial charge in [0.1, 0.15) is 0 Å².